The van der Waals surface area contributed by atoms with Crippen molar-refractivity contribution < 1.29 is 23.9 Å². The molecule has 3 N–H and O–H groups in total. The van der Waals surface area contributed by atoms with Crippen molar-refractivity contribution in [2.45, 2.75) is 40.2 Å². The van der Waals surface area contributed by atoms with Gasteiger partial charge in [-0.15, -0.1) is 0 Å². The van der Waals surface area contributed by atoms with Gasteiger partial charge in [0.15, 0.2) is 18.1 Å². The van der Waals surface area contributed by atoms with E-state index in [1.165, 1.54) is 6.21 Å². The number of hydrogen-bond donors (Lipinski definition) is 3. The third-order valence-corrected chi connectivity index (χ3v) is 5.16. The number of hydrazone groups is 1. The van der Waals surface area contributed by atoms with Gasteiger partial charge in [-0.3, -0.25) is 14.4 Å². The van der Waals surface area contributed by atoms with Crippen LogP contribution in [0.4, 0.5) is 5.69 Å². The van der Waals surface area contributed by atoms with Gasteiger partial charge in [0.25, 0.3) is 5.91 Å². The van der Waals surface area contributed by atoms with Crippen LogP contribution in [0.1, 0.15) is 38.3 Å². The van der Waals surface area contributed by atoms with Crippen LogP contribution in [0, 0.1) is 6.92 Å². The van der Waals surface area contributed by atoms with Gasteiger partial charge >= 0.3 is 11.8 Å². The maximum atomic E-state index is 12.3. The molecule has 0 aliphatic rings. The average Bonchev–Trinajstić information content (AvgIpc) is 2.80. The molecule has 0 spiro atoms. The Bertz CT molecular complexity index is 1060. The molecule has 0 aromatic heterocycles. The number of carbonyl (C=O) groups is 3. The van der Waals surface area contributed by atoms with Gasteiger partial charge in [-0.1, -0.05) is 22.9 Å². The molecule has 1 atom stereocenters. The van der Waals surface area contributed by atoms with Crippen molar-refractivity contribution in [3.05, 3.63) is 52.0 Å². The Morgan fingerprint density at radius 1 is 1.06 bits per heavy atom. The zero-order chi connectivity index (χ0) is 25.1. The lowest BCUT2D eigenvalue weighted by Crippen LogP contribution is -2.41. The summed E-state index contributed by atoms with van der Waals surface area (Å²) in [4.78, 5) is 35.9. The van der Waals surface area contributed by atoms with Crippen LogP contribution in [0.2, 0.25) is 0 Å². The number of anilines is 1. The van der Waals surface area contributed by atoms with Crippen molar-refractivity contribution in [2.75, 3.05) is 18.5 Å². The molecule has 0 saturated carbocycles. The molecule has 2 aromatic carbocycles. The second kappa shape index (κ2) is 13.3. The fraction of sp³-hybridized carbons (Fsp3) is 0.333. The van der Waals surface area contributed by atoms with Crippen molar-refractivity contribution in [1.82, 2.24) is 10.7 Å². The van der Waals surface area contributed by atoms with Crippen LogP contribution in [0.15, 0.2) is 46.0 Å². The molecule has 10 heteroatoms. The highest BCUT2D eigenvalue weighted by Crippen LogP contribution is 2.28. The summed E-state index contributed by atoms with van der Waals surface area (Å²) >= 11 is 3.39. The third-order valence-electron chi connectivity index (χ3n) is 4.66. The van der Waals surface area contributed by atoms with Crippen LogP contribution >= 0.6 is 15.9 Å². The van der Waals surface area contributed by atoms with Crippen molar-refractivity contribution in [3.63, 3.8) is 0 Å². The van der Waals surface area contributed by atoms with E-state index in [1.807, 2.05) is 39.0 Å². The van der Waals surface area contributed by atoms with Crippen LogP contribution in [-0.4, -0.2) is 43.2 Å². The van der Waals surface area contributed by atoms with Gasteiger partial charge in [-0.05, 0) is 74.7 Å². The van der Waals surface area contributed by atoms with Gasteiger partial charge in [-0.25, -0.2) is 5.43 Å². The molecular weight excluding hydrogens is 504 g/mol. The van der Waals surface area contributed by atoms with Crippen LogP contribution in [0.25, 0.3) is 0 Å². The first-order valence-corrected chi connectivity index (χ1v) is 11.6. The molecule has 0 radical (unpaired) electrons. The first-order chi connectivity index (χ1) is 16.2. The van der Waals surface area contributed by atoms with E-state index in [2.05, 4.69) is 37.1 Å². The predicted molar refractivity (Wildman–Crippen MR) is 134 cm³/mol. The van der Waals surface area contributed by atoms with E-state index < -0.39 is 11.8 Å². The first kappa shape index (κ1) is 26.8. The summed E-state index contributed by atoms with van der Waals surface area (Å²) in [5, 5.41) is 9.19. The van der Waals surface area contributed by atoms with Crippen LogP contribution < -0.4 is 25.5 Å². The Kier molecular flexibility index (Phi) is 10.5. The van der Waals surface area contributed by atoms with E-state index in [4.69, 9.17) is 9.47 Å². The van der Waals surface area contributed by atoms with E-state index in [0.29, 0.717) is 35.8 Å². The molecule has 0 heterocycles. The second-order valence-corrected chi connectivity index (χ2v) is 8.33. The van der Waals surface area contributed by atoms with Crippen LogP contribution in [0.3, 0.4) is 0 Å². The molecule has 3 amide bonds. The van der Waals surface area contributed by atoms with Gasteiger partial charge in [-0.2, -0.15) is 5.10 Å². The summed E-state index contributed by atoms with van der Waals surface area (Å²) < 4.78 is 12.2. The van der Waals surface area contributed by atoms with E-state index in [-0.39, 0.29) is 18.6 Å². The monoisotopic (exact) mass is 532 g/mol. The molecule has 9 nitrogen and oxygen atoms in total. The van der Waals surface area contributed by atoms with Gasteiger partial charge in [0, 0.05) is 16.2 Å². The zero-order valence-corrected chi connectivity index (χ0v) is 21.2. The normalized spacial score (nSPS) is 11.6. The Morgan fingerprint density at radius 2 is 1.82 bits per heavy atom. The average molecular weight is 533 g/mol. The lowest BCUT2D eigenvalue weighted by Gasteiger charge is -2.13. The van der Waals surface area contributed by atoms with E-state index in [9.17, 15) is 14.4 Å². The summed E-state index contributed by atoms with van der Waals surface area (Å²) in [7, 11) is 0. The summed E-state index contributed by atoms with van der Waals surface area (Å²) in [6.45, 7) is 7.61. The van der Waals surface area contributed by atoms with Crippen LogP contribution in [-0.2, 0) is 14.4 Å². The van der Waals surface area contributed by atoms with E-state index in [0.717, 1.165) is 10.0 Å². The maximum absolute atomic E-state index is 12.3. The summed E-state index contributed by atoms with van der Waals surface area (Å²) in [5.74, 6) is -1.11. The molecule has 0 aliphatic carbocycles. The van der Waals surface area contributed by atoms with Gasteiger partial charge < -0.3 is 20.1 Å². The minimum Gasteiger partial charge on any atom is -0.490 e. The molecule has 34 heavy (non-hydrogen) atoms. The van der Waals surface area contributed by atoms with Crippen molar-refractivity contribution in [1.29, 1.82) is 0 Å². The van der Waals surface area contributed by atoms with Gasteiger partial charge in [0.1, 0.15) is 0 Å². The molecule has 0 bridgehead atoms. The van der Waals surface area contributed by atoms with Crippen molar-refractivity contribution in [2.24, 2.45) is 5.10 Å². The number of carbonyl (C=O) groups excluding carboxylic acids is 3. The number of hydrogen-bond acceptors (Lipinski definition) is 6. The zero-order valence-electron chi connectivity index (χ0n) is 19.6. The van der Waals surface area contributed by atoms with Crippen molar-refractivity contribution in [3.8, 4) is 11.5 Å². The highest BCUT2D eigenvalue weighted by atomic mass is 79.9. The summed E-state index contributed by atoms with van der Waals surface area (Å²) in [5.41, 5.74) is 4.42. The fourth-order valence-electron chi connectivity index (χ4n) is 2.70. The number of aryl methyl sites for hydroxylation is 1. The number of nitrogens with one attached hydrogen (secondary N) is 3. The summed E-state index contributed by atoms with van der Waals surface area (Å²) in [6, 6.07) is 10.4. The van der Waals surface area contributed by atoms with Gasteiger partial charge in [0.05, 0.1) is 12.8 Å². The third kappa shape index (κ3) is 8.51. The number of ether oxygens (including phenoxy) is 2. The maximum Gasteiger partial charge on any atom is 0.329 e. The number of halogens is 1. The lowest BCUT2D eigenvalue weighted by molar-refractivity contribution is -0.139. The largest absolute Gasteiger partial charge is 0.490 e. The van der Waals surface area contributed by atoms with E-state index >= 15 is 0 Å². The van der Waals surface area contributed by atoms with Crippen LogP contribution in [0.5, 0.6) is 11.5 Å². The number of amides is 3. The lowest BCUT2D eigenvalue weighted by atomic mass is 10.2. The minimum atomic E-state index is -0.853. The standard InChI is InChI=1S/C24H29BrN4O5/c1-5-16(4)27-23(31)24(32)29-26-13-17-7-10-20(21(12-17)33-6-2)34-14-22(30)28-19-9-8-18(25)11-15(19)3/h7-13,16H,5-6,14H2,1-4H3,(H,27,31)(H,28,30)(H,29,32)/b26-13-/t16-/m0/s1. The van der Waals surface area contributed by atoms with Gasteiger partial charge in [0.2, 0.25) is 0 Å². The molecular formula is C24H29BrN4O5. The predicted octanol–water partition coefficient (Wildman–Crippen LogP) is 3.54. The highest BCUT2D eigenvalue weighted by Gasteiger charge is 2.14. The SMILES string of the molecule is CCOc1cc(/C=N\NC(=O)C(=O)N[C@@H](C)CC)ccc1OCC(=O)Nc1ccc(Br)cc1C. The Morgan fingerprint density at radius 3 is 2.50 bits per heavy atom. The van der Waals surface area contributed by atoms with E-state index in [1.54, 1.807) is 25.1 Å². The molecule has 2 aromatic rings. The van der Waals surface area contributed by atoms with Crippen molar-refractivity contribution >= 4 is 45.6 Å². The molecule has 2 rings (SSSR count). The topological polar surface area (TPSA) is 118 Å². The number of benzene rings is 2. The fourth-order valence-corrected chi connectivity index (χ4v) is 3.17. The quantitative estimate of drug-likeness (QED) is 0.245. The molecule has 0 aliphatic heterocycles. The Balaban J connectivity index is 1.97. The highest BCUT2D eigenvalue weighted by molar-refractivity contribution is 9.10. The second-order valence-electron chi connectivity index (χ2n) is 7.42. The Labute approximate surface area is 207 Å². The molecule has 182 valence electrons. The minimum absolute atomic E-state index is 0.107. The molecule has 0 saturated heterocycles. The smallest absolute Gasteiger partial charge is 0.329 e. The number of nitrogens with zero attached hydrogens (tertiary/aromatic N) is 1. The molecule has 0 unspecified atom stereocenters. The summed E-state index contributed by atoms with van der Waals surface area (Å²) in [6.07, 6.45) is 2.09. The molecule has 0 fully saturated rings. The first-order valence-electron chi connectivity index (χ1n) is 10.8. The Hall–Kier alpha value is -3.40. The number of rotatable bonds is 10.